The highest BCUT2D eigenvalue weighted by Gasteiger charge is 2.54. The van der Waals surface area contributed by atoms with E-state index in [1.165, 1.54) is 17.6 Å². The largest absolute Gasteiger partial charge is 0.463 e. The Hall–Kier alpha value is -4.18. The molecule has 0 bridgehead atoms. The molecule has 6 rings (SSSR count). The number of rotatable bonds is 5. The first-order valence-electron chi connectivity index (χ1n) is 11.2. The summed E-state index contributed by atoms with van der Waals surface area (Å²) >= 11 is 1.21. The van der Waals surface area contributed by atoms with E-state index in [1.807, 2.05) is 24.3 Å². The lowest BCUT2D eigenvalue weighted by atomic mass is 9.76. The number of fused-ring (bicyclic) bond motifs is 2. The Balaban J connectivity index is 1.23. The molecule has 0 unspecified atom stereocenters. The molecular weight excluding hydrogens is 468 g/mol. The van der Waals surface area contributed by atoms with E-state index in [-0.39, 0.29) is 0 Å². The Morgan fingerprint density at radius 3 is 2.63 bits per heavy atom. The van der Waals surface area contributed by atoms with Crippen LogP contribution in [0.1, 0.15) is 24.0 Å². The van der Waals surface area contributed by atoms with Gasteiger partial charge in [0, 0.05) is 0 Å². The summed E-state index contributed by atoms with van der Waals surface area (Å²) in [5, 5.41) is 5.88. The van der Waals surface area contributed by atoms with Crippen molar-refractivity contribution in [1.82, 2.24) is 15.2 Å². The van der Waals surface area contributed by atoms with Crippen molar-refractivity contribution < 1.29 is 23.2 Å². The first kappa shape index (κ1) is 21.4. The van der Waals surface area contributed by atoms with Crippen molar-refractivity contribution >= 4 is 34.3 Å². The maximum absolute atomic E-state index is 13.4. The number of nitrogens with one attached hydrogen (secondary N) is 2. The zero-order valence-electron chi connectivity index (χ0n) is 18.4. The second kappa shape index (κ2) is 8.24. The number of amides is 4. The van der Waals surface area contributed by atoms with E-state index in [0.29, 0.717) is 33.6 Å². The van der Waals surface area contributed by atoms with E-state index in [2.05, 4.69) is 15.6 Å². The summed E-state index contributed by atoms with van der Waals surface area (Å²) in [7, 11) is 0. The van der Waals surface area contributed by atoms with Crippen LogP contribution in [0.25, 0.3) is 22.1 Å². The summed E-state index contributed by atoms with van der Waals surface area (Å²) < 4.78 is 11.0. The number of carbonyl (C=O) groups is 3. The Morgan fingerprint density at radius 1 is 1.09 bits per heavy atom. The van der Waals surface area contributed by atoms with Crippen LogP contribution in [-0.4, -0.2) is 34.3 Å². The number of imide groups is 1. The second-order valence-electron chi connectivity index (χ2n) is 8.44. The fourth-order valence-electron chi connectivity index (χ4n) is 4.79. The Kier molecular flexibility index (Phi) is 5.03. The molecule has 3 aromatic heterocycles. The monoisotopic (exact) mass is 488 g/mol. The smallest absolute Gasteiger partial charge is 0.325 e. The molecule has 10 heteroatoms. The SMILES string of the molecule is O=C(CN1C(=O)N[C@]2(CCCc3ccccc32)C1=O)Nc1nc(-c2ccco2)c(-c2ccco2)s1. The molecule has 0 radical (unpaired) electrons. The number of benzene rings is 1. The van der Waals surface area contributed by atoms with Gasteiger partial charge < -0.3 is 19.5 Å². The van der Waals surface area contributed by atoms with E-state index in [0.717, 1.165) is 28.9 Å². The number of furan rings is 2. The molecule has 2 aliphatic rings. The van der Waals surface area contributed by atoms with Gasteiger partial charge in [-0.3, -0.25) is 14.5 Å². The fourth-order valence-corrected chi connectivity index (χ4v) is 5.74. The lowest BCUT2D eigenvalue weighted by Gasteiger charge is -2.33. The Labute approximate surface area is 203 Å². The van der Waals surface area contributed by atoms with Crippen LogP contribution in [-0.2, 0) is 21.5 Å². The van der Waals surface area contributed by atoms with E-state index < -0.39 is 29.9 Å². The molecule has 1 fully saturated rings. The Bertz CT molecular complexity index is 1370. The highest BCUT2D eigenvalue weighted by molar-refractivity contribution is 7.19. The minimum Gasteiger partial charge on any atom is -0.463 e. The van der Waals surface area contributed by atoms with Gasteiger partial charge in [0.25, 0.3) is 5.91 Å². The van der Waals surface area contributed by atoms with Crippen LogP contribution in [0.2, 0.25) is 0 Å². The zero-order chi connectivity index (χ0) is 24.0. The number of carbonyl (C=O) groups excluding carboxylic acids is 3. The zero-order valence-corrected chi connectivity index (χ0v) is 19.3. The van der Waals surface area contributed by atoms with Crippen LogP contribution in [0, 0.1) is 0 Å². The molecule has 4 amide bonds. The average molecular weight is 489 g/mol. The molecule has 2 N–H and O–H groups in total. The van der Waals surface area contributed by atoms with Gasteiger partial charge in [0.15, 0.2) is 10.9 Å². The van der Waals surface area contributed by atoms with Gasteiger partial charge >= 0.3 is 6.03 Å². The van der Waals surface area contributed by atoms with Crippen molar-refractivity contribution in [2.45, 2.75) is 24.8 Å². The Morgan fingerprint density at radius 2 is 1.86 bits per heavy atom. The minimum absolute atomic E-state index is 0.303. The first-order valence-corrected chi connectivity index (χ1v) is 12.0. The van der Waals surface area contributed by atoms with Gasteiger partial charge in [0.05, 0.1) is 12.5 Å². The summed E-state index contributed by atoms with van der Waals surface area (Å²) in [6.07, 6.45) is 5.21. The van der Waals surface area contributed by atoms with Gasteiger partial charge in [0.2, 0.25) is 5.91 Å². The molecule has 35 heavy (non-hydrogen) atoms. The highest BCUT2D eigenvalue weighted by Crippen LogP contribution is 2.41. The van der Waals surface area contributed by atoms with Crippen LogP contribution in [0.15, 0.2) is 69.9 Å². The molecule has 1 aliphatic heterocycles. The maximum Gasteiger partial charge on any atom is 0.325 e. The predicted octanol–water partition coefficient (Wildman–Crippen LogP) is 4.39. The number of thiazole rings is 1. The third kappa shape index (κ3) is 3.53. The summed E-state index contributed by atoms with van der Waals surface area (Å²) in [5.74, 6) is 0.179. The number of anilines is 1. The number of aryl methyl sites for hydroxylation is 1. The molecule has 4 heterocycles. The number of urea groups is 1. The van der Waals surface area contributed by atoms with Crippen LogP contribution >= 0.6 is 11.3 Å². The molecule has 4 aromatic rings. The number of hydrogen-bond donors (Lipinski definition) is 2. The third-order valence-electron chi connectivity index (χ3n) is 6.33. The summed E-state index contributed by atoms with van der Waals surface area (Å²) in [4.78, 5) is 45.3. The van der Waals surface area contributed by atoms with Crippen molar-refractivity contribution in [3.05, 3.63) is 72.2 Å². The standard InChI is InChI=1S/C25H20N4O5S/c30-19(26-23-27-20(17-9-4-12-33-17)21(35-23)18-10-5-13-34-18)14-29-22(31)25(28-24(29)32)11-3-7-15-6-1-2-8-16(15)25/h1-2,4-6,8-10,12-13H,3,7,11,14H2,(H,28,32)(H,26,27,30)/t25-/m0/s1. The van der Waals surface area contributed by atoms with Gasteiger partial charge in [-0.1, -0.05) is 35.6 Å². The molecule has 0 saturated carbocycles. The van der Waals surface area contributed by atoms with Gasteiger partial charge in [-0.15, -0.1) is 0 Å². The fraction of sp³-hybridized carbons (Fsp3) is 0.200. The highest BCUT2D eigenvalue weighted by atomic mass is 32.1. The average Bonchev–Trinajstić information content (AvgIpc) is 3.65. The van der Waals surface area contributed by atoms with Crippen molar-refractivity contribution in [1.29, 1.82) is 0 Å². The quantitative estimate of drug-likeness (QED) is 0.403. The second-order valence-corrected chi connectivity index (χ2v) is 9.44. The summed E-state index contributed by atoms with van der Waals surface area (Å²) in [6, 6.07) is 14.1. The molecule has 1 saturated heterocycles. The molecular formula is C25H20N4O5S. The van der Waals surface area contributed by atoms with Gasteiger partial charge in [-0.25, -0.2) is 9.78 Å². The lowest BCUT2D eigenvalue weighted by Crippen LogP contribution is -2.47. The molecule has 9 nitrogen and oxygen atoms in total. The van der Waals surface area contributed by atoms with Gasteiger partial charge in [0.1, 0.15) is 28.4 Å². The van der Waals surface area contributed by atoms with Crippen LogP contribution < -0.4 is 10.6 Å². The summed E-state index contributed by atoms with van der Waals surface area (Å²) in [5.41, 5.74) is 1.25. The predicted molar refractivity (Wildman–Crippen MR) is 127 cm³/mol. The van der Waals surface area contributed by atoms with Crippen molar-refractivity contribution in [2.24, 2.45) is 0 Å². The molecule has 1 atom stereocenters. The molecule has 1 aliphatic carbocycles. The minimum atomic E-state index is -1.12. The van der Waals surface area contributed by atoms with E-state index in [9.17, 15) is 14.4 Å². The van der Waals surface area contributed by atoms with Gasteiger partial charge in [-0.05, 0) is 54.7 Å². The van der Waals surface area contributed by atoms with Crippen LogP contribution in [0.4, 0.5) is 9.93 Å². The van der Waals surface area contributed by atoms with E-state index in [4.69, 9.17) is 8.83 Å². The molecule has 1 aromatic carbocycles. The molecule has 176 valence electrons. The third-order valence-corrected chi connectivity index (χ3v) is 7.31. The first-order chi connectivity index (χ1) is 17.0. The van der Waals surface area contributed by atoms with E-state index in [1.54, 1.807) is 30.5 Å². The topological polar surface area (TPSA) is 118 Å². The maximum atomic E-state index is 13.4. The molecule has 1 spiro atoms. The summed E-state index contributed by atoms with van der Waals surface area (Å²) in [6.45, 7) is -0.416. The van der Waals surface area contributed by atoms with Crippen molar-refractivity contribution in [3.63, 3.8) is 0 Å². The van der Waals surface area contributed by atoms with Crippen molar-refractivity contribution in [2.75, 3.05) is 11.9 Å². The van der Waals surface area contributed by atoms with Crippen LogP contribution in [0.3, 0.4) is 0 Å². The number of aromatic nitrogens is 1. The van der Waals surface area contributed by atoms with Gasteiger partial charge in [-0.2, -0.15) is 0 Å². The number of hydrogen-bond acceptors (Lipinski definition) is 7. The van der Waals surface area contributed by atoms with Crippen molar-refractivity contribution in [3.8, 4) is 22.1 Å². The lowest BCUT2D eigenvalue weighted by molar-refractivity contribution is -0.134. The van der Waals surface area contributed by atoms with Crippen LogP contribution in [0.5, 0.6) is 0 Å². The normalized spacial score (nSPS) is 19.1. The number of nitrogens with zero attached hydrogens (tertiary/aromatic N) is 2. The van der Waals surface area contributed by atoms with E-state index >= 15 is 0 Å².